The molecule has 1 aromatic carbocycles. The monoisotopic (exact) mass is 276 g/mol. The van der Waals surface area contributed by atoms with Gasteiger partial charge in [0.05, 0.1) is 6.61 Å². The molecule has 1 aliphatic rings. The number of anilines is 1. The van der Waals surface area contributed by atoms with Crippen LogP contribution in [-0.2, 0) is 6.42 Å². The van der Waals surface area contributed by atoms with E-state index in [0.717, 1.165) is 38.3 Å². The molecule has 2 unspecified atom stereocenters. The summed E-state index contributed by atoms with van der Waals surface area (Å²) in [6.07, 6.45) is 4.28. The Bertz CT molecular complexity index is 431. The summed E-state index contributed by atoms with van der Waals surface area (Å²) in [4.78, 5) is 2.51. The molecule has 0 saturated carbocycles. The number of unbranched alkanes of at least 4 members (excludes halogenated alkanes) is 1. The first-order chi connectivity index (χ1) is 9.52. The molecule has 112 valence electrons. The molecule has 1 aliphatic heterocycles. The summed E-state index contributed by atoms with van der Waals surface area (Å²) >= 11 is 0. The van der Waals surface area contributed by atoms with Crippen molar-refractivity contribution in [2.75, 3.05) is 24.6 Å². The van der Waals surface area contributed by atoms with Crippen LogP contribution in [-0.4, -0.2) is 30.3 Å². The number of nitrogens with two attached hydrogens (primary N) is 1. The lowest BCUT2D eigenvalue weighted by atomic mass is 9.93. The maximum absolute atomic E-state index is 9.17. The van der Waals surface area contributed by atoms with Crippen LogP contribution in [0.5, 0.6) is 0 Å². The van der Waals surface area contributed by atoms with E-state index in [2.05, 4.69) is 36.1 Å². The molecule has 3 nitrogen and oxygen atoms in total. The third-order valence-corrected chi connectivity index (χ3v) is 4.22. The number of nitrogens with zero attached hydrogens (tertiary/aromatic N) is 1. The van der Waals surface area contributed by atoms with Gasteiger partial charge in [0.2, 0.25) is 0 Å². The van der Waals surface area contributed by atoms with Gasteiger partial charge in [-0.05, 0) is 50.2 Å². The zero-order valence-corrected chi connectivity index (χ0v) is 12.8. The summed E-state index contributed by atoms with van der Waals surface area (Å²) in [5.74, 6) is 0.724. The molecule has 0 aliphatic carbocycles. The Kier molecular flexibility index (Phi) is 5.06. The first-order valence-corrected chi connectivity index (χ1v) is 7.74. The smallest absolute Gasteiger partial charge is 0.0608 e. The molecule has 0 bridgehead atoms. The zero-order chi connectivity index (χ0) is 14.6. The largest absolute Gasteiger partial charge is 0.394 e. The third kappa shape index (κ3) is 3.97. The SMILES string of the molecule is CC1Cc2ccccc2N(CCCCC(C)(N)CO)C1. The molecule has 2 atom stereocenters. The highest BCUT2D eigenvalue weighted by atomic mass is 16.3. The molecule has 1 heterocycles. The van der Waals surface area contributed by atoms with Gasteiger partial charge in [0.25, 0.3) is 0 Å². The minimum absolute atomic E-state index is 0.0661. The molecule has 20 heavy (non-hydrogen) atoms. The van der Waals surface area contributed by atoms with Crippen LogP contribution in [0.25, 0.3) is 0 Å². The van der Waals surface area contributed by atoms with Crippen molar-refractivity contribution in [1.29, 1.82) is 0 Å². The quantitative estimate of drug-likeness (QED) is 0.785. The second-order valence-corrected chi connectivity index (χ2v) is 6.65. The highest BCUT2D eigenvalue weighted by molar-refractivity contribution is 5.55. The molecule has 0 radical (unpaired) electrons. The van der Waals surface area contributed by atoms with Gasteiger partial charge in [0, 0.05) is 24.3 Å². The Morgan fingerprint density at radius 2 is 2.10 bits per heavy atom. The average Bonchev–Trinajstić information content (AvgIpc) is 2.43. The van der Waals surface area contributed by atoms with Gasteiger partial charge in [-0.25, -0.2) is 0 Å². The van der Waals surface area contributed by atoms with E-state index in [1.807, 2.05) is 6.92 Å². The number of rotatable bonds is 6. The number of hydrogen-bond acceptors (Lipinski definition) is 3. The van der Waals surface area contributed by atoms with E-state index in [-0.39, 0.29) is 6.61 Å². The van der Waals surface area contributed by atoms with Gasteiger partial charge in [0.1, 0.15) is 0 Å². The number of hydrogen-bond donors (Lipinski definition) is 2. The number of benzene rings is 1. The molecular weight excluding hydrogens is 248 g/mol. The van der Waals surface area contributed by atoms with Gasteiger partial charge in [-0.2, -0.15) is 0 Å². The van der Waals surface area contributed by atoms with E-state index in [9.17, 15) is 5.11 Å². The van der Waals surface area contributed by atoms with Gasteiger partial charge in [-0.15, -0.1) is 0 Å². The van der Waals surface area contributed by atoms with Gasteiger partial charge in [-0.1, -0.05) is 25.1 Å². The highest BCUT2D eigenvalue weighted by Crippen LogP contribution is 2.29. The third-order valence-electron chi connectivity index (χ3n) is 4.22. The predicted octanol–water partition coefficient (Wildman–Crippen LogP) is 2.57. The van der Waals surface area contributed by atoms with Gasteiger partial charge < -0.3 is 15.7 Å². The predicted molar refractivity (Wildman–Crippen MR) is 85.1 cm³/mol. The topological polar surface area (TPSA) is 49.5 Å². The zero-order valence-electron chi connectivity index (χ0n) is 12.8. The second kappa shape index (κ2) is 6.59. The van der Waals surface area contributed by atoms with Gasteiger partial charge in [0.15, 0.2) is 0 Å². The van der Waals surface area contributed by atoms with Crippen LogP contribution in [0.2, 0.25) is 0 Å². The van der Waals surface area contributed by atoms with Crippen molar-refractivity contribution in [1.82, 2.24) is 0 Å². The van der Waals surface area contributed by atoms with Crippen molar-refractivity contribution in [2.24, 2.45) is 11.7 Å². The fourth-order valence-corrected chi connectivity index (χ4v) is 3.03. The lowest BCUT2D eigenvalue weighted by molar-refractivity contribution is 0.197. The van der Waals surface area contributed by atoms with Crippen LogP contribution < -0.4 is 10.6 Å². The Morgan fingerprint density at radius 3 is 2.85 bits per heavy atom. The fraction of sp³-hybridized carbons (Fsp3) is 0.647. The molecule has 3 N–H and O–H groups in total. The maximum Gasteiger partial charge on any atom is 0.0608 e. The van der Waals surface area contributed by atoms with E-state index in [0.29, 0.717) is 0 Å². The van der Waals surface area contributed by atoms with Crippen LogP contribution in [0.15, 0.2) is 24.3 Å². The van der Waals surface area contributed by atoms with Crippen molar-refractivity contribution in [2.45, 2.75) is 45.1 Å². The summed E-state index contributed by atoms with van der Waals surface area (Å²) in [5, 5.41) is 9.17. The van der Waals surface area contributed by atoms with Gasteiger partial charge >= 0.3 is 0 Å². The highest BCUT2D eigenvalue weighted by Gasteiger charge is 2.21. The molecule has 0 amide bonds. The van der Waals surface area contributed by atoms with Crippen molar-refractivity contribution < 1.29 is 5.11 Å². The summed E-state index contributed by atoms with van der Waals surface area (Å²) in [6, 6.07) is 8.75. The number of aliphatic hydroxyl groups excluding tert-OH is 1. The summed E-state index contributed by atoms with van der Waals surface area (Å²) in [6.45, 7) is 6.55. The fourth-order valence-electron chi connectivity index (χ4n) is 3.03. The first kappa shape index (κ1) is 15.3. The van der Waals surface area contributed by atoms with E-state index < -0.39 is 5.54 Å². The van der Waals surface area contributed by atoms with Crippen molar-refractivity contribution in [3.63, 3.8) is 0 Å². The van der Waals surface area contributed by atoms with E-state index in [4.69, 9.17) is 5.73 Å². The normalized spacial score (nSPS) is 21.4. The Balaban J connectivity index is 1.87. The molecule has 0 saturated heterocycles. The number of aliphatic hydroxyl groups is 1. The molecule has 0 spiro atoms. The minimum atomic E-state index is -0.424. The van der Waals surface area contributed by atoms with Crippen LogP contribution >= 0.6 is 0 Å². The lowest BCUT2D eigenvalue weighted by Crippen LogP contribution is -2.40. The Morgan fingerprint density at radius 1 is 1.35 bits per heavy atom. The average molecular weight is 276 g/mol. The number of fused-ring (bicyclic) bond motifs is 1. The molecule has 2 rings (SSSR count). The Hall–Kier alpha value is -1.06. The molecule has 1 aromatic rings. The van der Waals surface area contributed by atoms with E-state index in [1.165, 1.54) is 17.7 Å². The lowest BCUT2D eigenvalue weighted by Gasteiger charge is -2.35. The molecule has 0 fully saturated rings. The van der Waals surface area contributed by atoms with Crippen LogP contribution in [0.4, 0.5) is 5.69 Å². The summed E-state index contributed by atoms with van der Waals surface area (Å²) in [5.41, 5.74) is 8.43. The van der Waals surface area contributed by atoms with Crippen molar-refractivity contribution >= 4 is 5.69 Å². The summed E-state index contributed by atoms with van der Waals surface area (Å²) < 4.78 is 0. The van der Waals surface area contributed by atoms with Crippen LogP contribution in [0.1, 0.15) is 38.7 Å². The Labute approximate surface area is 122 Å². The van der Waals surface area contributed by atoms with Crippen molar-refractivity contribution in [3.05, 3.63) is 29.8 Å². The minimum Gasteiger partial charge on any atom is -0.394 e. The van der Waals surface area contributed by atoms with Crippen LogP contribution in [0, 0.1) is 5.92 Å². The van der Waals surface area contributed by atoms with Crippen molar-refractivity contribution in [3.8, 4) is 0 Å². The van der Waals surface area contributed by atoms with Crippen LogP contribution in [0.3, 0.4) is 0 Å². The first-order valence-electron chi connectivity index (χ1n) is 7.74. The van der Waals surface area contributed by atoms with E-state index >= 15 is 0 Å². The second-order valence-electron chi connectivity index (χ2n) is 6.65. The molecule has 3 heteroatoms. The van der Waals surface area contributed by atoms with E-state index in [1.54, 1.807) is 0 Å². The standard InChI is InChI=1S/C17H28N2O/c1-14-11-15-7-3-4-8-16(15)19(12-14)10-6-5-9-17(2,18)13-20/h3-4,7-8,14,20H,5-6,9-13,18H2,1-2H3. The maximum atomic E-state index is 9.17. The molecule has 0 aromatic heterocycles. The van der Waals surface area contributed by atoms with Gasteiger partial charge in [-0.3, -0.25) is 0 Å². The summed E-state index contributed by atoms with van der Waals surface area (Å²) in [7, 11) is 0. The number of para-hydroxylation sites is 1. The molecular formula is C17H28N2O.